The van der Waals surface area contributed by atoms with E-state index in [2.05, 4.69) is 17.4 Å². The molecule has 0 saturated heterocycles. The number of anilines is 2. The summed E-state index contributed by atoms with van der Waals surface area (Å²) in [7, 11) is 0. The lowest BCUT2D eigenvalue weighted by atomic mass is 9.96. The molecule has 1 aliphatic heterocycles. The van der Waals surface area contributed by atoms with E-state index in [4.69, 9.17) is 11.6 Å². The molecule has 1 N–H and O–H groups in total. The Morgan fingerprint density at radius 1 is 1.20 bits per heavy atom. The molecule has 2 aromatic carbocycles. The van der Waals surface area contributed by atoms with Crippen LogP contribution in [0.3, 0.4) is 0 Å². The van der Waals surface area contributed by atoms with E-state index in [1.807, 2.05) is 6.92 Å². The van der Waals surface area contributed by atoms with Crippen LogP contribution in [-0.2, 0) is 22.4 Å². The number of fused-ring (bicyclic) bond motifs is 2. The van der Waals surface area contributed by atoms with E-state index in [0.717, 1.165) is 30.5 Å². The molecule has 0 aromatic heterocycles. The summed E-state index contributed by atoms with van der Waals surface area (Å²) in [6.45, 7) is 2.50. The van der Waals surface area contributed by atoms with Gasteiger partial charge in [-0.2, -0.15) is 0 Å². The number of aryl methyl sites for hydroxylation is 2. The Morgan fingerprint density at radius 3 is 2.56 bits per heavy atom. The average Bonchev–Trinajstić information content (AvgIpc) is 3.15. The van der Waals surface area contributed by atoms with Crippen LogP contribution in [0.4, 0.5) is 11.4 Å². The highest BCUT2D eigenvalue weighted by molar-refractivity contribution is 6.30. The van der Waals surface area contributed by atoms with Crippen LogP contribution >= 0.6 is 11.6 Å². The summed E-state index contributed by atoms with van der Waals surface area (Å²) >= 11 is 5.88. The first kappa shape index (κ1) is 16.2. The van der Waals surface area contributed by atoms with Gasteiger partial charge in [-0.15, -0.1) is 0 Å². The molecule has 1 heterocycles. The van der Waals surface area contributed by atoms with Gasteiger partial charge < -0.3 is 10.2 Å². The van der Waals surface area contributed by atoms with E-state index in [9.17, 15) is 9.59 Å². The van der Waals surface area contributed by atoms with Gasteiger partial charge >= 0.3 is 0 Å². The van der Waals surface area contributed by atoms with Crippen molar-refractivity contribution in [1.29, 1.82) is 0 Å². The minimum atomic E-state index is -0.781. The Kier molecular flexibility index (Phi) is 4.00. The molecule has 2 aromatic rings. The molecule has 0 bridgehead atoms. The van der Waals surface area contributed by atoms with Crippen LogP contribution in [0.15, 0.2) is 36.4 Å². The second-order valence-electron chi connectivity index (χ2n) is 6.54. The fourth-order valence-electron chi connectivity index (χ4n) is 3.83. The van der Waals surface area contributed by atoms with Crippen molar-refractivity contribution in [3.05, 3.63) is 58.1 Å². The van der Waals surface area contributed by atoms with Gasteiger partial charge in [0.25, 0.3) is 0 Å². The first-order chi connectivity index (χ1) is 12.1. The molecule has 0 saturated carbocycles. The van der Waals surface area contributed by atoms with Gasteiger partial charge in [-0.1, -0.05) is 17.7 Å². The third kappa shape index (κ3) is 2.71. The number of likely N-dealkylation sites (N-methyl/N-ethyl adjacent to an activating group) is 1. The summed E-state index contributed by atoms with van der Waals surface area (Å²) in [5.74, 6) is -1.22. The maximum atomic E-state index is 12.9. The molecule has 0 spiro atoms. The fourth-order valence-corrected chi connectivity index (χ4v) is 3.96. The quantitative estimate of drug-likeness (QED) is 0.849. The number of amides is 2. The smallest absolute Gasteiger partial charge is 0.244 e. The Bertz CT molecular complexity index is 861. The molecular formula is C20H19ClN2O2. The third-order valence-electron chi connectivity index (χ3n) is 5.05. The van der Waals surface area contributed by atoms with Crippen molar-refractivity contribution < 1.29 is 9.59 Å². The summed E-state index contributed by atoms with van der Waals surface area (Å²) in [6, 6.07) is 11.1. The lowest BCUT2D eigenvalue weighted by Gasteiger charge is -2.15. The van der Waals surface area contributed by atoms with Crippen molar-refractivity contribution in [2.24, 2.45) is 0 Å². The Hall–Kier alpha value is -2.33. The van der Waals surface area contributed by atoms with Crippen LogP contribution in [0.5, 0.6) is 0 Å². The van der Waals surface area contributed by atoms with Crippen molar-refractivity contribution in [3.8, 4) is 0 Å². The van der Waals surface area contributed by atoms with Crippen molar-refractivity contribution in [3.63, 3.8) is 0 Å². The standard InChI is InChI=1S/C20H19ClN2O2/c1-2-23-17-11-13-5-3-4-12(13)10-16(17)18(20(23)25)19(24)22-15-8-6-14(21)7-9-15/h6-11,18H,2-5H2,1H3,(H,22,24). The predicted octanol–water partition coefficient (Wildman–Crippen LogP) is 3.92. The van der Waals surface area contributed by atoms with Crippen LogP contribution in [0.25, 0.3) is 0 Å². The molecule has 5 heteroatoms. The number of halogens is 1. The van der Waals surface area contributed by atoms with Crippen molar-refractivity contribution in [1.82, 2.24) is 0 Å². The fraction of sp³-hybridized carbons (Fsp3) is 0.300. The van der Waals surface area contributed by atoms with Gasteiger partial charge in [0.15, 0.2) is 0 Å². The van der Waals surface area contributed by atoms with Gasteiger partial charge in [0, 0.05) is 22.9 Å². The number of hydrogen-bond acceptors (Lipinski definition) is 2. The summed E-state index contributed by atoms with van der Waals surface area (Å²) in [5, 5.41) is 3.45. The number of nitrogens with zero attached hydrogens (tertiary/aromatic N) is 1. The highest BCUT2D eigenvalue weighted by atomic mass is 35.5. The maximum Gasteiger partial charge on any atom is 0.244 e. The van der Waals surface area contributed by atoms with Crippen LogP contribution in [0, 0.1) is 0 Å². The molecule has 4 rings (SSSR count). The molecule has 0 fully saturated rings. The molecule has 4 nitrogen and oxygen atoms in total. The van der Waals surface area contributed by atoms with Crippen molar-refractivity contribution in [2.75, 3.05) is 16.8 Å². The molecule has 128 valence electrons. The normalized spacial score (nSPS) is 18.2. The summed E-state index contributed by atoms with van der Waals surface area (Å²) < 4.78 is 0. The number of benzene rings is 2. The number of rotatable bonds is 3. The number of carbonyl (C=O) groups is 2. The highest BCUT2D eigenvalue weighted by Gasteiger charge is 2.42. The zero-order chi connectivity index (χ0) is 17.6. The van der Waals surface area contributed by atoms with E-state index in [-0.39, 0.29) is 11.8 Å². The Labute approximate surface area is 151 Å². The average molecular weight is 355 g/mol. The summed E-state index contributed by atoms with van der Waals surface area (Å²) in [5.41, 5.74) is 4.95. The molecule has 2 amide bonds. The first-order valence-corrected chi connectivity index (χ1v) is 8.99. The highest BCUT2D eigenvalue weighted by Crippen LogP contribution is 2.41. The van der Waals surface area contributed by atoms with Gasteiger partial charge in [-0.3, -0.25) is 9.59 Å². The Morgan fingerprint density at radius 2 is 1.88 bits per heavy atom. The lowest BCUT2D eigenvalue weighted by Crippen LogP contribution is -2.33. The molecule has 0 radical (unpaired) electrons. The van der Waals surface area contributed by atoms with Crippen LogP contribution in [0.2, 0.25) is 5.02 Å². The topological polar surface area (TPSA) is 49.4 Å². The van der Waals surface area contributed by atoms with E-state index < -0.39 is 5.92 Å². The maximum absolute atomic E-state index is 12.9. The van der Waals surface area contributed by atoms with Gasteiger partial charge in [0.1, 0.15) is 5.92 Å². The van der Waals surface area contributed by atoms with Gasteiger partial charge in [0.05, 0.1) is 0 Å². The number of carbonyl (C=O) groups excluding carboxylic acids is 2. The van der Waals surface area contributed by atoms with Gasteiger partial charge in [0.2, 0.25) is 11.8 Å². The number of nitrogens with one attached hydrogen (secondary N) is 1. The second kappa shape index (κ2) is 6.19. The van der Waals surface area contributed by atoms with Gasteiger partial charge in [-0.25, -0.2) is 0 Å². The SMILES string of the molecule is CCN1C(=O)C(C(=O)Nc2ccc(Cl)cc2)c2cc3c(cc21)CCC3. The first-order valence-electron chi connectivity index (χ1n) is 8.62. The van der Waals surface area contributed by atoms with Crippen LogP contribution in [-0.4, -0.2) is 18.4 Å². The monoisotopic (exact) mass is 354 g/mol. The van der Waals surface area contributed by atoms with Crippen LogP contribution in [0.1, 0.15) is 36.0 Å². The van der Waals surface area contributed by atoms with E-state index >= 15 is 0 Å². The van der Waals surface area contributed by atoms with E-state index in [0.29, 0.717) is 17.3 Å². The third-order valence-corrected chi connectivity index (χ3v) is 5.30. The van der Waals surface area contributed by atoms with E-state index in [1.54, 1.807) is 29.2 Å². The lowest BCUT2D eigenvalue weighted by molar-refractivity contribution is -0.126. The summed E-state index contributed by atoms with van der Waals surface area (Å²) in [6.07, 6.45) is 3.21. The molecular weight excluding hydrogens is 336 g/mol. The van der Waals surface area contributed by atoms with Crippen molar-refractivity contribution >= 4 is 34.8 Å². The van der Waals surface area contributed by atoms with Crippen LogP contribution < -0.4 is 10.2 Å². The summed E-state index contributed by atoms with van der Waals surface area (Å²) in [4.78, 5) is 27.4. The largest absolute Gasteiger partial charge is 0.325 e. The molecule has 1 atom stereocenters. The molecule has 2 aliphatic rings. The zero-order valence-corrected chi connectivity index (χ0v) is 14.8. The predicted molar refractivity (Wildman–Crippen MR) is 99.3 cm³/mol. The second-order valence-corrected chi connectivity index (χ2v) is 6.98. The molecule has 25 heavy (non-hydrogen) atoms. The van der Waals surface area contributed by atoms with E-state index in [1.165, 1.54) is 11.1 Å². The minimum absolute atomic E-state index is 0.146. The van der Waals surface area contributed by atoms with Gasteiger partial charge in [-0.05, 0) is 73.2 Å². The van der Waals surface area contributed by atoms with Crippen molar-refractivity contribution in [2.45, 2.75) is 32.1 Å². The number of hydrogen-bond donors (Lipinski definition) is 1. The zero-order valence-electron chi connectivity index (χ0n) is 14.0. The molecule has 1 unspecified atom stereocenters. The minimum Gasteiger partial charge on any atom is -0.325 e. The molecule has 1 aliphatic carbocycles. The Balaban J connectivity index is 1.69.